The fraction of sp³-hybridized carbons (Fsp3) is 0.800. The number of hydrogen-bond donors (Lipinski definition) is 4. The predicted octanol–water partition coefficient (Wildman–Crippen LogP) is 18.2. The average molecular weight is 953 g/mol. The summed E-state index contributed by atoms with van der Waals surface area (Å²) in [5.74, 6) is -3.88. The van der Waals surface area contributed by atoms with Gasteiger partial charge in [0.15, 0.2) is 0 Å². The van der Waals surface area contributed by atoms with Crippen molar-refractivity contribution >= 4 is 23.9 Å². The van der Waals surface area contributed by atoms with Crippen LogP contribution in [0.3, 0.4) is 0 Å². The second-order valence-electron chi connectivity index (χ2n) is 21.8. The first kappa shape index (κ1) is 62.9. The molecule has 0 aliphatic heterocycles. The summed E-state index contributed by atoms with van der Waals surface area (Å²) in [6.45, 7) is 15.8. The van der Waals surface area contributed by atoms with Crippen LogP contribution < -0.4 is 0 Å². The summed E-state index contributed by atoms with van der Waals surface area (Å²) in [5.41, 5.74) is 0.766. The van der Waals surface area contributed by atoms with Crippen molar-refractivity contribution in [1.29, 1.82) is 0 Å². The third kappa shape index (κ3) is 25.6. The molecule has 0 aromatic rings. The number of aliphatic carboxylic acids is 4. The molecule has 8 nitrogen and oxygen atoms in total. The molecule has 68 heavy (non-hydrogen) atoms. The smallest absolute Gasteiger partial charge is 0.332 e. The third-order valence-electron chi connectivity index (χ3n) is 16.1. The Morgan fingerprint density at radius 1 is 0.485 bits per heavy atom. The summed E-state index contributed by atoms with van der Waals surface area (Å²) in [6, 6.07) is 0. The molecule has 2 rings (SSSR count). The van der Waals surface area contributed by atoms with Gasteiger partial charge in [-0.25, -0.2) is 19.2 Å². The van der Waals surface area contributed by atoms with E-state index >= 15 is 0 Å². The molecule has 0 aromatic carbocycles. The van der Waals surface area contributed by atoms with E-state index < -0.39 is 23.9 Å². The fourth-order valence-corrected chi connectivity index (χ4v) is 11.1. The molecule has 0 saturated heterocycles. The molecule has 0 heterocycles. The summed E-state index contributed by atoms with van der Waals surface area (Å²) in [4.78, 5) is 48.3. The van der Waals surface area contributed by atoms with Crippen molar-refractivity contribution in [2.45, 2.75) is 286 Å². The summed E-state index contributed by atoms with van der Waals surface area (Å²) in [7, 11) is 0. The molecule has 2 bridgehead atoms. The van der Waals surface area contributed by atoms with Gasteiger partial charge in [-0.05, 0) is 92.3 Å². The van der Waals surface area contributed by atoms with Crippen LogP contribution in [0.2, 0.25) is 0 Å². The first-order chi connectivity index (χ1) is 32.5. The molecule has 0 radical (unpaired) electrons. The summed E-state index contributed by atoms with van der Waals surface area (Å²) >= 11 is 0. The van der Waals surface area contributed by atoms with Crippen LogP contribution in [0, 0.1) is 22.7 Å². The average Bonchev–Trinajstić information content (AvgIpc) is 3.63. The Morgan fingerprint density at radius 3 is 1.09 bits per heavy atom. The molecular weight excluding hydrogens is 849 g/mol. The fourth-order valence-electron chi connectivity index (χ4n) is 11.1. The van der Waals surface area contributed by atoms with Gasteiger partial charge in [-0.1, -0.05) is 240 Å². The predicted molar refractivity (Wildman–Crippen MR) is 284 cm³/mol. The van der Waals surface area contributed by atoms with Crippen molar-refractivity contribution in [3.05, 3.63) is 46.6 Å². The quantitative estimate of drug-likeness (QED) is 0.0268. The van der Waals surface area contributed by atoms with Gasteiger partial charge in [0.2, 0.25) is 0 Å². The van der Waals surface area contributed by atoms with Crippen LogP contribution in [-0.4, -0.2) is 44.3 Å². The number of carboxylic acids is 4. The van der Waals surface area contributed by atoms with Crippen molar-refractivity contribution in [3.8, 4) is 0 Å². The molecule has 3 atom stereocenters. The Labute approximate surface area is 416 Å². The minimum absolute atomic E-state index is 0.0196. The minimum Gasteiger partial charge on any atom is -0.478 e. The highest BCUT2D eigenvalue weighted by atomic mass is 16.4. The largest absolute Gasteiger partial charge is 0.478 e. The highest BCUT2D eigenvalue weighted by Crippen LogP contribution is 2.69. The maximum absolute atomic E-state index is 13.1. The molecule has 2 saturated carbocycles. The van der Waals surface area contributed by atoms with Gasteiger partial charge in [0.1, 0.15) is 0 Å². The highest BCUT2D eigenvalue weighted by Gasteiger charge is 2.62. The van der Waals surface area contributed by atoms with Gasteiger partial charge in [-0.3, -0.25) is 0 Å². The van der Waals surface area contributed by atoms with Crippen molar-refractivity contribution in [3.63, 3.8) is 0 Å². The molecular formula is C60H104O8. The molecule has 4 N–H and O–H groups in total. The first-order valence-electron chi connectivity index (χ1n) is 28.3. The van der Waals surface area contributed by atoms with Gasteiger partial charge < -0.3 is 20.4 Å². The topological polar surface area (TPSA) is 149 Å². The van der Waals surface area contributed by atoms with Crippen molar-refractivity contribution in [1.82, 2.24) is 0 Å². The minimum atomic E-state index is -1.08. The lowest BCUT2D eigenvalue weighted by Crippen LogP contribution is -2.34. The van der Waals surface area contributed by atoms with Crippen molar-refractivity contribution in [2.75, 3.05) is 0 Å². The van der Waals surface area contributed by atoms with E-state index in [1.807, 2.05) is 0 Å². The van der Waals surface area contributed by atoms with Gasteiger partial charge in [0, 0.05) is 22.3 Å². The van der Waals surface area contributed by atoms with E-state index in [0.717, 1.165) is 64.2 Å². The normalized spacial score (nSPS) is 19.1. The monoisotopic (exact) mass is 953 g/mol. The van der Waals surface area contributed by atoms with Gasteiger partial charge in [-0.15, -0.1) is 0 Å². The van der Waals surface area contributed by atoms with Gasteiger partial charge in [0.05, 0.1) is 0 Å². The summed E-state index contributed by atoms with van der Waals surface area (Å²) in [5, 5.41) is 39.5. The number of carboxylic acid groups (broad SMARTS) is 4. The molecule has 0 spiro atoms. The molecule has 8 heteroatoms. The molecule has 0 amide bonds. The van der Waals surface area contributed by atoms with Gasteiger partial charge >= 0.3 is 23.9 Å². The second kappa shape index (κ2) is 37.6. The highest BCUT2D eigenvalue weighted by molar-refractivity contribution is 5.94. The molecule has 0 aromatic heterocycles. The third-order valence-corrected chi connectivity index (χ3v) is 16.1. The van der Waals surface area contributed by atoms with E-state index in [1.165, 1.54) is 174 Å². The molecule has 3 unspecified atom stereocenters. The van der Waals surface area contributed by atoms with E-state index in [-0.39, 0.29) is 44.6 Å². The van der Waals surface area contributed by atoms with Gasteiger partial charge in [-0.2, -0.15) is 0 Å². The maximum Gasteiger partial charge on any atom is 0.332 e. The number of rotatable bonds is 42. The van der Waals surface area contributed by atoms with Crippen LogP contribution in [0.15, 0.2) is 46.6 Å². The van der Waals surface area contributed by atoms with E-state index in [1.54, 1.807) is 6.08 Å². The summed E-state index contributed by atoms with van der Waals surface area (Å²) in [6.07, 6.45) is 47.6. The zero-order valence-electron chi connectivity index (χ0n) is 44.8. The Kier molecular flexibility index (Phi) is 34.8. The van der Waals surface area contributed by atoms with Crippen LogP contribution >= 0.6 is 0 Å². The molecule has 2 aliphatic carbocycles. The Hall–Kier alpha value is -3.16. The molecule has 2 fully saturated rings. The van der Waals surface area contributed by atoms with Crippen LogP contribution in [0.4, 0.5) is 0 Å². The Balaban J connectivity index is 0.00000360. The molecule has 392 valence electrons. The number of hydrogen-bond acceptors (Lipinski definition) is 4. The number of allylic oxidation sites excluding steroid dienone is 3. The lowest BCUT2D eigenvalue weighted by atomic mass is 9.64. The van der Waals surface area contributed by atoms with E-state index in [0.29, 0.717) is 25.2 Å². The van der Waals surface area contributed by atoms with Crippen molar-refractivity contribution < 1.29 is 39.6 Å². The lowest BCUT2D eigenvalue weighted by molar-refractivity contribution is -0.134. The van der Waals surface area contributed by atoms with E-state index in [2.05, 4.69) is 41.2 Å². The van der Waals surface area contributed by atoms with E-state index in [4.69, 9.17) is 5.11 Å². The summed E-state index contributed by atoms with van der Waals surface area (Å²) < 4.78 is 0. The number of unbranched alkanes of at least 4 members (excludes halogenated alkanes) is 31. The molecule has 2 aliphatic rings. The van der Waals surface area contributed by atoms with Crippen LogP contribution in [0.25, 0.3) is 0 Å². The van der Waals surface area contributed by atoms with Crippen molar-refractivity contribution in [2.24, 2.45) is 22.7 Å². The van der Waals surface area contributed by atoms with Crippen LogP contribution in [0.1, 0.15) is 286 Å². The number of fused-ring (bicyclic) bond motifs is 2. The SMILES string of the molecule is C=C(C)C(=O)O.CCCCCCCCCCCCCCCCCCCC(=CC(C=C(C(=O)O)C1CC2CCC1(C)C2(C)C)=C(CCCCCCCCCCCCCCCCCC)C(=O)O)C(=O)O. The zero-order chi connectivity index (χ0) is 50.6. The standard InChI is InChI=1S/C56H98O6.C4H6O2/c1-6-8-10-12-14-16-18-20-22-24-25-27-29-31-33-35-37-39-46(52(57)58)43-47(44-50(54(61)62)51-45-48-41-42-56(51,5)55(48,3)4)49(53(59)60)40-38-36-34-32-30-28-26-23-21-19-17-15-13-11-9-7-2;1-3(2)4(5)6/h43-44,48,51H,6-42,45H2,1-5H3,(H,57,58)(H,59,60)(H,61,62);1H2,2H3,(H,5,6). The van der Waals surface area contributed by atoms with Gasteiger partial charge in [0.25, 0.3) is 0 Å². The van der Waals surface area contributed by atoms with E-state index in [9.17, 15) is 34.5 Å². The number of carbonyl (C=O) groups is 4. The first-order valence-corrected chi connectivity index (χ1v) is 28.3. The maximum atomic E-state index is 13.1. The second-order valence-corrected chi connectivity index (χ2v) is 21.8. The Morgan fingerprint density at radius 2 is 0.824 bits per heavy atom. The van der Waals surface area contributed by atoms with Crippen LogP contribution in [-0.2, 0) is 19.2 Å². The zero-order valence-corrected chi connectivity index (χ0v) is 44.8. The lowest BCUT2D eigenvalue weighted by Gasteiger charge is -2.39. The van der Waals surface area contributed by atoms with Crippen LogP contribution in [0.5, 0.6) is 0 Å². The Bertz CT molecular complexity index is 1520.